The second-order valence-corrected chi connectivity index (χ2v) is 7.18. The molecule has 0 aliphatic carbocycles. The standard InChI is InChI=1S/C20H23NO3/c1-20(2,3)24-19(23)21-11-17-8-7-16(10-18(17)12-21)15-6-4-5-14(9-15)13-22/h4-10,22H,11-13H2,1-3H3. The van der Waals surface area contributed by atoms with Crippen molar-refractivity contribution >= 4 is 6.09 Å². The summed E-state index contributed by atoms with van der Waals surface area (Å²) in [5, 5.41) is 9.29. The smallest absolute Gasteiger partial charge is 0.410 e. The molecule has 1 heterocycles. The minimum absolute atomic E-state index is 0.0329. The van der Waals surface area contributed by atoms with E-state index < -0.39 is 5.60 Å². The van der Waals surface area contributed by atoms with Crippen molar-refractivity contribution in [1.29, 1.82) is 0 Å². The maximum absolute atomic E-state index is 12.2. The molecule has 0 fully saturated rings. The minimum atomic E-state index is -0.484. The number of amides is 1. The van der Waals surface area contributed by atoms with Crippen LogP contribution in [-0.2, 0) is 24.4 Å². The first kappa shape index (κ1) is 16.5. The lowest BCUT2D eigenvalue weighted by Crippen LogP contribution is -2.33. The molecule has 1 aliphatic rings. The van der Waals surface area contributed by atoms with Crippen LogP contribution in [0.3, 0.4) is 0 Å². The molecule has 0 bridgehead atoms. The number of benzene rings is 2. The molecule has 1 N–H and O–H groups in total. The number of aliphatic hydroxyl groups is 1. The van der Waals surface area contributed by atoms with Gasteiger partial charge in [0.05, 0.1) is 6.61 Å². The molecular weight excluding hydrogens is 302 g/mol. The van der Waals surface area contributed by atoms with Gasteiger partial charge < -0.3 is 9.84 Å². The van der Waals surface area contributed by atoms with Gasteiger partial charge in [-0.05, 0) is 60.7 Å². The van der Waals surface area contributed by atoms with Crippen LogP contribution in [0.2, 0.25) is 0 Å². The van der Waals surface area contributed by atoms with Crippen molar-refractivity contribution < 1.29 is 14.6 Å². The van der Waals surface area contributed by atoms with Gasteiger partial charge in [-0.1, -0.05) is 30.3 Å². The van der Waals surface area contributed by atoms with Gasteiger partial charge in [0.15, 0.2) is 0 Å². The van der Waals surface area contributed by atoms with Crippen LogP contribution in [0.25, 0.3) is 11.1 Å². The summed E-state index contributed by atoms with van der Waals surface area (Å²) in [6.45, 7) is 6.81. The van der Waals surface area contributed by atoms with E-state index in [2.05, 4.69) is 18.2 Å². The topological polar surface area (TPSA) is 49.8 Å². The van der Waals surface area contributed by atoms with E-state index in [1.54, 1.807) is 4.90 Å². The maximum Gasteiger partial charge on any atom is 0.410 e. The van der Waals surface area contributed by atoms with Crippen LogP contribution in [0.4, 0.5) is 4.79 Å². The molecule has 4 nitrogen and oxygen atoms in total. The SMILES string of the molecule is CC(C)(C)OC(=O)N1Cc2ccc(-c3cccc(CO)c3)cc2C1. The van der Waals surface area contributed by atoms with E-state index in [1.165, 1.54) is 0 Å². The molecule has 2 aromatic rings. The highest BCUT2D eigenvalue weighted by molar-refractivity contribution is 5.71. The fourth-order valence-electron chi connectivity index (χ4n) is 2.88. The average molecular weight is 325 g/mol. The largest absolute Gasteiger partial charge is 0.444 e. The first-order valence-electron chi connectivity index (χ1n) is 8.15. The van der Waals surface area contributed by atoms with Gasteiger partial charge in [-0.15, -0.1) is 0 Å². The van der Waals surface area contributed by atoms with Crippen LogP contribution in [-0.4, -0.2) is 21.7 Å². The van der Waals surface area contributed by atoms with Crippen LogP contribution in [0.5, 0.6) is 0 Å². The van der Waals surface area contributed by atoms with Gasteiger partial charge in [0.25, 0.3) is 0 Å². The molecule has 0 atom stereocenters. The molecule has 0 saturated heterocycles. The molecule has 1 amide bonds. The molecule has 24 heavy (non-hydrogen) atoms. The van der Waals surface area contributed by atoms with E-state index in [9.17, 15) is 9.90 Å². The minimum Gasteiger partial charge on any atom is -0.444 e. The second-order valence-electron chi connectivity index (χ2n) is 7.18. The van der Waals surface area contributed by atoms with E-state index in [4.69, 9.17) is 4.74 Å². The summed E-state index contributed by atoms with van der Waals surface area (Å²) in [5.41, 5.74) is 4.87. The van der Waals surface area contributed by atoms with Crippen molar-refractivity contribution in [1.82, 2.24) is 4.90 Å². The number of fused-ring (bicyclic) bond motifs is 1. The van der Waals surface area contributed by atoms with Crippen LogP contribution in [0.15, 0.2) is 42.5 Å². The Morgan fingerprint density at radius 1 is 1.08 bits per heavy atom. The molecule has 0 spiro atoms. The Kier molecular flexibility index (Phi) is 4.33. The number of ether oxygens (including phenoxy) is 1. The van der Waals surface area contributed by atoms with E-state index in [0.717, 1.165) is 27.8 Å². The summed E-state index contributed by atoms with van der Waals surface area (Å²) in [4.78, 5) is 14.0. The van der Waals surface area contributed by atoms with E-state index in [-0.39, 0.29) is 12.7 Å². The third kappa shape index (κ3) is 3.60. The third-order valence-electron chi connectivity index (χ3n) is 4.02. The van der Waals surface area contributed by atoms with Gasteiger partial charge in [-0.2, -0.15) is 0 Å². The second kappa shape index (κ2) is 6.29. The highest BCUT2D eigenvalue weighted by Gasteiger charge is 2.27. The highest BCUT2D eigenvalue weighted by atomic mass is 16.6. The van der Waals surface area contributed by atoms with E-state index in [1.807, 2.05) is 45.0 Å². The van der Waals surface area contributed by atoms with Crippen LogP contribution in [0, 0.1) is 0 Å². The Labute approximate surface area is 142 Å². The Bertz CT molecular complexity index is 762. The van der Waals surface area contributed by atoms with Crippen LogP contribution < -0.4 is 0 Å². The lowest BCUT2D eigenvalue weighted by atomic mass is 9.99. The predicted octanol–water partition coefficient (Wildman–Crippen LogP) is 4.10. The fourth-order valence-corrected chi connectivity index (χ4v) is 2.88. The van der Waals surface area contributed by atoms with Crippen molar-refractivity contribution in [2.24, 2.45) is 0 Å². The number of aliphatic hydroxyl groups excluding tert-OH is 1. The number of carbonyl (C=O) groups excluding carboxylic acids is 1. The summed E-state index contributed by atoms with van der Waals surface area (Å²) in [7, 11) is 0. The summed E-state index contributed by atoms with van der Waals surface area (Å²) in [6.07, 6.45) is -0.275. The van der Waals surface area contributed by atoms with Gasteiger partial charge in [0.1, 0.15) is 5.60 Å². The number of hydrogen-bond acceptors (Lipinski definition) is 3. The summed E-state index contributed by atoms with van der Waals surface area (Å²) < 4.78 is 5.46. The van der Waals surface area contributed by atoms with Crippen LogP contribution >= 0.6 is 0 Å². The zero-order valence-electron chi connectivity index (χ0n) is 14.4. The molecule has 126 valence electrons. The third-order valence-corrected chi connectivity index (χ3v) is 4.02. The molecule has 0 unspecified atom stereocenters. The fraction of sp³-hybridized carbons (Fsp3) is 0.350. The molecule has 0 radical (unpaired) electrons. The first-order valence-corrected chi connectivity index (χ1v) is 8.15. The molecule has 4 heteroatoms. The van der Waals surface area contributed by atoms with Gasteiger partial charge in [0.2, 0.25) is 0 Å². The van der Waals surface area contributed by atoms with Crippen molar-refractivity contribution in [3.63, 3.8) is 0 Å². The monoisotopic (exact) mass is 325 g/mol. The highest BCUT2D eigenvalue weighted by Crippen LogP contribution is 2.29. The van der Waals surface area contributed by atoms with Crippen molar-refractivity contribution in [2.45, 2.75) is 46.1 Å². The zero-order valence-corrected chi connectivity index (χ0v) is 14.4. The Morgan fingerprint density at radius 3 is 2.50 bits per heavy atom. The lowest BCUT2D eigenvalue weighted by molar-refractivity contribution is 0.0242. The Balaban J connectivity index is 1.80. The maximum atomic E-state index is 12.2. The Morgan fingerprint density at radius 2 is 1.79 bits per heavy atom. The van der Waals surface area contributed by atoms with E-state index >= 15 is 0 Å². The summed E-state index contributed by atoms with van der Waals surface area (Å²) in [6, 6.07) is 14.1. The summed E-state index contributed by atoms with van der Waals surface area (Å²) in [5.74, 6) is 0. The number of nitrogens with zero attached hydrogens (tertiary/aromatic N) is 1. The average Bonchev–Trinajstić information content (AvgIpc) is 2.96. The predicted molar refractivity (Wildman–Crippen MR) is 93.3 cm³/mol. The Hall–Kier alpha value is -2.33. The summed E-state index contributed by atoms with van der Waals surface area (Å²) >= 11 is 0. The molecule has 3 rings (SSSR count). The number of hydrogen-bond donors (Lipinski definition) is 1. The first-order chi connectivity index (χ1) is 11.4. The molecular formula is C20H23NO3. The number of rotatable bonds is 2. The van der Waals surface area contributed by atoms with Crippen molar-refractivity contribution in [2.75, 3.05) is 0 Å². The van der Waals surface area contributed by atoms with Crippen molar-refractivity contribution in [3.8, 4) is 11.1 Å². The van der Waals surface area contributed by atoms with Crippen LogP contribution in [0.1, 0.15) is 37.5 Å². The van der Waals surface area contributed by atoms with Crippen molar-refractivity contribution in [3.05, 3.63) is 59.2 Å². The quantitative estimate of drug-likeness (QED) is 0.904. The molecule has 0 aromatic heterocycles. The zero-order chi connectivity index (χ0) is 17.3. The van der Waals surface area contributed by atoms with E-state index in [0.29, 0.717) is 13.1 Å². The lowest BCUT2D eigenvalue weighted by Gasteiger charge is -2.24. The normalized spacial score (nSPS) is 13.8. The van der Waals surface area contributed by atoms with Gasteiger partial charge in [0, 0.05) is 13.1 Å². The molecule has 2 aromatic carbocycles. The molecule has 0 saturated carbocycles. The van der Waals surface area contributed by atoms with Gasteiger partial charge in [-0.25, -0.2) is 4.79 Å². The molecule has 1 aliphatic heterocycles. The van der Waals surface area contributed by atoms with Gasteiger partial charge in [-0.3, -0.25) is 4.90 Å². The van der Waals surface area contributed by atoms with Gasteiger partial charge >= 0.3 is 6.09 Å². The number of carbonyl (C=O) groups is 1.